The summed E-state index contributed by atoms with van der Waals surface area (Å²) in [6.45, 7) is 0.482. The quantitative estimate of drug-likeness (QED) is 0.945. The van der Waals surface area contributed by atoms with Crippen molar-refractivity contribution in [3.05, 3.63) is 64.7 Å². The van der Waals surface area contributed by atoms with Gasteiger partial charge in [0.1, 0.15) is 13.2 Å². The van der Waals surface area contributed by atoms with Crippen LogP contribution in [0, 0.1) is 0 Å². The number of hydrogen-bond acceptors (Lipinski definition) is 4. The molecule has 0 saturated heterocycles. The van der Waals surface area contributed by atoms with E-state index in [1.165, 1.54) is 0 Å². The van der Waals surface area contributed by atoms with Crippen molar-refractivity contribution in [1.29, 1.82) is 0 Å². The lowest BCUT2D eigenvalue weighted by atomic mass is 10.0. The lowest BCUT2D eigenvalue weighted by molar-refractivity contribution is 0.192. The summed E-state index contributed by atoms with van der Waals surface area (Å²) in [4.78, 5) is 9.13. The lowest BCUT2D eigenvalue weighted by Crippen LogP contribution is -2.12. The summed E-state index contributed by atoms with van der Waals surface area (Å²) in [5, 5.41) is 9.53. The average Bonchev–Trinajstić information content (AvgIpc) is 2.73. The van der Waals surface area contributed by atoms with Crippen molar-refractivity contribution in [2.24, 2.45) is 9.98 Å². The maximum atomic E-state index is 8.90. The van der Waals surface area contributed by atoms with E-state index in [1.54, 1.807) is 6.07 Å². The van der Waals surface area contributed by atoms with Crippen molar-refractivity contribution in [2.75, 3.05) is 19.8 Å². The molecule has 1 heterocycles. The van der Waals surface area contributed by atoms with E-state index in [0.717, 1.165) is 22.5 Å². The maximum Gasteiger partial charge on any atom is 0.210 e. The summed E-state index contributed by atoms with van der Waals surface area (Å²) in [5.74, 6) is 0.489. The number of aliphatic hydroxyl groups excluding tert-OH is 1. The van der Waals surface area contributed by atoms with Gasteiger partial charge in [0.2, 0.25) is 5.90 Å². The van der Waals surface area contributed by atoms with Gasteiger partial charge in [-0.05, 0) is 18.2 Å². The van der Waals surface area contributed by atoms with Crippen LogP contribution in [0.4, 0.5) is 5.69 Å². The predicted octanol–water partition coefficient (Wildman–Crippen LogP) is 3.23. The van der Waals surface area contributed by atoms with Gasteiger partial charge in [-0.1, -0.05) is 41.9 Å². The van der Waals surface area contributed by atoms with Gasteiger partial charge in [0.25, 0.3) is 0 Å². The Hall–Kier alpha value is -2.17. The van der Waals surface area contributed by atoms with Crippen LogP contribution in [0.25, 0.3) is 0 Å². The number of ether oxygens (including phenoxy) is 1. The number of fused-ring (bicyclic) bond motifs is 1. The monoisotopic (exact) mass is 314 g/mol. The summed E-state index contributed by atoms with van der Waals surface area (Å²) in [5.41, 5.74) is 3.48. The highest BCUT2D eigenvalue weighted by Crippen LogP contribution is 2.28. The maximum absolute atomic E-state index is 8.90. The van der Waals surface area contributed by atoms with Crippen LogP contribution < -0.4 is 0 Å². The highest BCUT2D eigenvalue weighted by atomic mass is 35.5. The number of aliphatic hydroxyl groups is 1. The second-order valence-corrected chi connectivity index (χ2v) is 5.21. The SMILES string of the molecule is OCCOC1=Nc2ccc(Cl)cc2C(c2ccccc2)=NC1. The Bertz CT molecular complexity index is 727. The molecule has 4 nitrogen and oxygen atoms in total. The number of halogens is 1. The molecule has 112 valence electrons. The molecule has 22 heavy (non-hydrogen) atoms. The van der Waals surface area contributed by atoms with Gasteiger partial charge in [-0.15, -0.1) is 0 Å². The van der Waals surface area contributed by atoms with Gasteiger partial charge in [-0.25, -0.2) is 4.99 Å². The van der Waals surface area contributed by atoms with E-state index >= 15 is 0 Å². The third-order valence-electron chi connectivity index (χ3n) is 3.24. The van der Waals surface area contributed by atoms with E-state index in [4.69, 9.17) is 21.4 Å². The van der Waals surface area contributed by atoms with Crippen LogP contribution in [-0.2, 0) is 4.74 Å². The third kappa shape index (κ3) is 3.18. The molecule has 0 bridgehead atoms. The molecular formula is C17H15ClN2O2. The molecule has 3 rings (SSSR count). The molecule has 0 atom stereocenters. The Kier molecular flexibility index (Phi) is 4.51. The van der Waals surface area contributed by atoms with E-state index in [1.807, 2.05) is 42.5 Å². The molecular weight excluding hydrogens is 300 g/mol. The van der Waals surface area contributed by atoms with Gasteiger partial charge in [0.15, 0.2) is 0 Å². The highest BCUT2D eigenvalue weighted by molar-refractivity contribution is 6.31. The van der Waals surface area contributed by atoms with Crippen LogP contribution >= 0.6 is 11.6 Å². The van der Waals surface area contributed by atoms with Crippen LogP contribution in [0.15, 0.2) is 58.5 Å². The molecule has 0 aliphatic carbocycles. The number of nitrogens with zero attached hydrogens (tertiary/aromatic N) is 2. The molecule has 0 saturated carbocycles. The standard InChI is InChI=1S/C17H15ClN2O2/c18-13-6-7-15-14(10-13)17(12-4-2-1-3-5-12)19-11-16(20-15)22-9-8-21/h1-7,10,21H,8-9,11H2. The zero-order chi connectivity index (χ0) is 15.4. The first-order valence-electron chi connectivity index (χ1n) is 6.99. The van der Waals surface area contributed by atoms with Crippen LogP contribution in [0.5, 0.6) is 0 Å². The largest absolute Gasteiger partial charge is 0.477 e. The Morgan fingerprint density at radius 1 is 1.14 bits per heavy atom. The summed E-state index contributed by atoms with van der Waals surface area (Å²) in [6.07, 6.45) is 0. The third-order valence-corrected chi connectivity index (χ3v) is 3.47. The smallest absolute Gasteiger partial charge is 0.210 e. The average molecular weight is 315 g/mol. The number of benzene rings is 2. The van der Waals surface area contributed by atoms with E-state index in [9.17, 15) is 0 Å². The van der Waals surface area contributed by atoms with Gasteiger partial charge in [-0.2, -0.15) is 0 Å². The first-order chi connectivity index (χ1) is 10.8. The molecule has 0 radical (unpaired) electrons. The topological polar surface area (TPSA) is 54.2 Å². The Balaban J connectivity index is 2.07. The molecule has 1 aliphatic heterocycles. The molecule has 1 aliphatic rings. The van der Waals surface area contributed by atoms with Crippen LogP contribution in [0.2, 0.25) is 5.02 Å². The van der Waals surface area contributed by atoms with Crippen molar-refractivity contribution in [3.8, 4) is 0 Å². The molecule has 1 N–H and O–H groups in total. The van der Waals surface area contributed by atoms with Gasteiger partial charge in [0.05, 0.1) is 18.0 Å². The van der Waals surface area contributed by atoms with Crippen LogP contribution in [-0.4, -0.2) is 36.5 Å². The van der Waals surface area contributed by atoms with E-state index < -0.39 is 0 Å². The fourth-order valence-electron chi connectivity index (χ4n) is 2.28. The predicted molar refractivity (Wildman–Crippen MR) is 88.5 cm³/mol. The van der Waals surface area contributed by atoms with E-state index in [0.29, 0.717) is 17.5 Å². The molecule has 5 heteroatoms. The zero-order valence-electron chi connectivity index (χ0n) is 11.9. The summed E-state index contributed by atoms with van der Waals surface area (Å²) < 4.78 is 5.44. The number of rotatable bonds is 3. The molecule has 2 aromatic carbocycles. The molecule has 0 aromatic heterocycles. The van der Waals surface area contributed by atoms with E-state index in [-0.39, 0.29) is 13.2 Å². The molecule has 0 fully saturated rings. The molecule has 0 amide bonds. The van der Waals surface area contributed by atoms with Crippen molar-refractivity contribution < 1.29 is 9.84 Å². The Labute approximate surface area is 133 Å². The fourth-order valence-corrected chi connectivity index (χ4v) is 2.45. The molecule has 0 spiro atoms. The summed E-state index contributed by atoms with van der Waals surface area (Å²) >= 11 is 6.13. The second kappa shape index (κ2) is 6.73. The minimum atomic E-state index is -0.0538. The Morgan fingerprint density at radius 3 is 2.73 bits per heavy atom. The lowest BCUT2D eigenvalue weighted by Gasteiger charge is -2.08. The minimum absolute atomic E-state index is 0.0538. The van der Waals surface area contributed by atoms with Crippen molar-refractivity contribution in [2.45, 2.75) is 0 Å². The first-order valence-corrected chi connectivity index (χ1v) is 7.37. The van der Waals surface area contributed by atoms with Crippen molar-refractivity contribution >= 4 is 28.9 Å². The van der Waals surface area contributed by atoms with Crippen LogP contribution in [0.3, 0.4) is 0 Å². The summed E-state index contributed by atoms with van der Waals surface area (Å²) in [6, 6.07) is 15.4. The molecule has 0 unspecified atom stereocenters. The first kappa shape index (κ1) is 14.8. The molecule has 2 aromatic rings. The van der Waals surface area contributed by atoms with E-state index in [2.05, 4.69) is 9.98 Å². The van der Waals surface area contributed by atoms with Gasteiger partial charge < -0.3 is 9.84 Å². The summed E-state index contributed by atoms with van der Waals surface area (Å²) in [7, 11) is 0. The van der Waals surface area contributed by atoms with Crippen molar-refractivity contribution in [1.82, 2.24) is 0 Å². The fraction of sp³-hybridized carbons (Fsp3) is 0.176. The minimum Gasteiger partial charge on any atom is -0.477 e. The van der Waals surface area contributed by atoms with Gasteiger partial charge in [-0.3, -0.25) is 4.99 Å². The van der Waals surface area contributed by atoms with Crippen molar-refractivity contribution in [3.63, 3.8) is 0 Å². The van der Waals surface area contributed by atoms with Gasteiger partial charge in [0, 0.05) is 16.1 Å². The van der Waals surface area contributed by atoms with Crippen LogP contribution in [0.1, 0.15) is 11.1 Å². The van der Waals surface area contributed by atoms with Gasteiger partial charge >= 0.3 is 0 Å². The zero-order valence-corrected chi connectivity index (χ0v) is 12.6. The Morgan fingerprint density at radius 2 is 1.95 bits per heavy atom. The second-order valence-electron chi connectivity index (χ2n) is 4.77. The number of hydrogen-bond donors (Lipinski definition) is 1. The highest BCUT2D eigenvalue weighted by Gasteiger charge is 2.17. The normalized spacial score (nSPS) is 13.7. The number of aliphatic imine (C=N–C) groups is 2.